The van der Waals surface area contributed by atoms with Gasteiger partial charge in [0.25, 0.3) is 0 Å². The minimum atomic E-state index is -0.512. The van der Waals surface area contributed by atoms with E-state index in [4.69, 9.17) is 16.3 Å². The molecule has 0 aliphatic rings. The molecule has 3 nitrogen and oxygen atoms in total. The molecule has 4 heteroatoms. The van der Waals surface area contributed by atoms with Gasteiger partial charge in [0.1, 0.15) is 18.5 Å². The largest absolute Gasteiger partial charge is 0.491 e. The van der Waals surface area contributed by atoms with Crippen molar-refractivity contribution in [2.75, 3.05) is 13.2 Å². The van der Waals surface area contributed by atoms with Crippen LogP contribution in [0.1, 0.15) is 46.0 Å². The van der Waals surface area contributed by atoms with E-state index in [1.165, 1.54) is 25.7 Å². The van der Waals surface area contributed by atoms with E-state index in [-0.39, 0.29) is 6.61 Å². The lowest BCUT2D eigenvalue weighted by Gasteiger charge is -2.17. The Morgan fingerprint density at radius 1 is 1.29 bits per heavy atom. The highest BCUT2D eigenvalue weighted by atomic mass is 35.5. The third-order valence-electron chi connectivity index (χ3n) is 3.43. The molecule has 0 heterocycles. The second-order valence-electron chi connectivity index (χ2n) is 5.58. The number of benzene rings is 1. The molecule has 0 aliphatic carbocycles. The summed E-state index contributed by atoms with van der Waals surface area (Å²) in [4.78, 5) is 0. The minimum Gasteiger partial charge on any atom is -0.491 e. The zero-order chi connectivity index (χ0) is 15.5. The Hall–Kier alpha value is -0.770. The van der Waals surface area contributed by atoms with Gasteiger partial charge in [0.05, 0.1) is 0 Å². The van der Waals surface area contributed by atoms with Crippen molar-refractivity contribution in [3.63, 3.8) is 0 Å². The molecule has 2 unspecified atom stereocenters. The molecule has 120 valence electrons. The van der Waals surface area contributed by atoms with Gasteiger partial charge in [-0.1, -0.05) is 50.3 Å². The van der Waals surface area contributed by atoms with Gasteiger partial charge in [-0.2, -0.15) is 0 Å². The Bertz CT molecular complexity index is 387. The topological polar surface area (TPSA) is 41.5 Å². The summed E-state index contributed by atoms with van der Waals surface area (Å²) in [6.07, 6.45) is 5.76. The highest BCUT2D eigenvalue weighted by Gasteiger charge is 2.08. The second-order valence-corrected chi connectivity index (χ2v) is 6.02. The summed E-state index contributed by atoms with van der Waals surface area (Å²) in [5.74, 6) is 0.689. The van der Waals surface area contributed by atoms with Crippen LogP contribution < -0.4 is 10.1 Å². The first-order chi connectivity index (χ1) is 10.1. The van der Waals surface area contributed by atoms with Crippen LogP contribution in [0.25, 0.3) is 0 Å². The highest BCUT2D eigenvalue weighted by Crippen LogP contribution is 2.17. The molecule has 1 aromatic carbocycles. The zero-order valence-corrected chi connectivity index (χ0v) is 13.9. The normalized spacial score (nSPS) is 13.9. The summed E-state index contributed by atoms with van der Waals surface area (Å²) < 4.78 is 5.52. The van der Waals surface area contributed by atoms with Gasteiger partial charge in [0.2, 0.25) is 0 Å². The number of aliphatic hydroxyl groups is 1. The minimum absolute atomic E-state index is 0.274. The van der Waals surface area contributed by atoms with Gasteiger partial charge in [-0.15, -0.1) is 0 Å². The van der Waals surface area contributed by atoms with Gasteiger partial charge < -0.3 is 15.2 Å². The molecule has 1 rings (SSSR count). The fourth-order valence-electron chi connectivity index (χ4n) is 2.12. The molecule has 21 heavy (non-hydrogen) atoms. The van der Waals surface area contributed by atoms with Crippen LogP contribution in [0.2, 0.25) is 5.02 Å². The number of unbranched alkanes of at least 4 members (excludes halogenated alkanes) is 3. The van der Waals surface area contributed by atoms with Crippen molar-refractivity contribution in [1.29, 1.82) is 0 Å². The Morgan fingerprint density at radius 3 is 2.81 bits per heavy atom. The van der Waals surface area contributed by atoms with Crippen LogP contribution in [-0.4, -0.2) is 30.4 Å². The lowest BCUT2D eigenvalue weighted by atomic mass is 10.1. The first kappa shape index (κ1) is 18.3. The van der Waals surface area contributed by atoms with Crippen molar-refractivity contribution in [3.05, 3.63) is 29.3 Å². The number of nitrogens with one attached hydrogen (secondary N) is 1. The molecule has 0 fully saturated rings. The van der Waals surface area contributed by atoms with E-state index in [2.05, 4.69) is 19.2 Å². The molecular weight excluding hydrogens is 286 g/mol. The van der Waals surface area contributed by atoms with Gasteiger partial charge >= 0.3 is 0 Å². The first-order valence-electron chi connectivity index (χ1n) is 7.91. The van der Waals surface area contributed by atoms with Crippen molar-refractivity contribution >= 4 is 11.6 Å². The van der Waals surface area contributed by atoms with E-state index in [0.717, 1.165) is 6.42 Å². The lowest BCUT2D eigenvalue weighted by Crippen LogP contribution is -2.36. The molecular formula is C17H28ClNO2. The van der Waals surface area contributed by atoms with E-state index in [9.17, 15) is 5.11 Å². The van der Waals surface area contributed by atoms with Crippen LogP contribution in [0.3, 0.4) is 0 Å². The molecule has 2 N–H and O–H groups in total. The summed E-state index contributed by atoms with van der Waals surface area (Å²) in [5.41, 5.74) is 0. The molecule has 2 atom stereocenters. The smallest absolute Gasteiger partial charge is 0.120 e. The Balaban J connectivity index is 2.11. The van der Waals surface area contributed by atoms with Crippen LogP contribution in [-0.2, 0) is 0 Å². The summed E-state index contributed by atoms with van der Waals surface area (Å²) in [6.45, 7) is 5.21. The number of aliphatic hydroxyl groups excluding tert-OH is 1. The van der Waals surface area contributed by atoms with E-state index in [1.54, 1.807) is 12.1 Å². The average Bonchev–Trinajstić information content (AvgIpc) is 2.47. The Kier molecular flexibility index (Phi) is 9.48. The molecule has 1 aromatic rings. The number of hydrogen-bond acceptors (Lipinski definition) is 3. The van der Waals surface area contributed by atoms with Crippen LogP contribution >= 0.6 is 11.6 Å². The van der Waals surface area contributed by atoms with Crippen molar-refractivity contribution < 1.29 is 9.84 Å². The summed E-state index contributed by atoms with van der Waals surface area (Å²) >= 11 is 5.88. The molecule has 0 aromatic heterocycles. The third-order valence-corrected chi connectivity index (χ3v) is 3.67. The highest BCUT2D eigenvalue weighted by molar-refractivity contribution is 6.30. The second kappa shape index (κ2) is 10.9. The average molecular weight is 314 g/mol. The number of halogens is 1. The van der Waals surface area contributed by atoms with E-state index in [1.807, 2.05) is 12.1 Å². The van der Waals surface area contributed by atoms with Gasteiger partial charge in [0.15, 0.2) is 0 Å². The number of rotatable bonds is 11. The zero-order valence-electron chi connectivity index (χ0n) is 13.1. The Labute approximate surface area is 133 Å². The molecule has 0 radical (unpaired) electrons. The van der Waals surface area contributed by atoms with Crippen LogP contribution in [0, 0.1) is 0 Å². The summed E-state index contributed by atoms with van der Waals surface area (Å²) in [7, 11) is 0. The predicted octanol–water partition coefficient (Wildman–Crippen LogP) is 4.03. The molecule has 0 aliphatic heterocycles. The van der Waals surface area contributed by atoms with Crippen LogP contribution in [0.15, 0.2) is 24.3 Å². The SMILES string of the molecule is CCCCCCC(C)NCC(O)COc1cccc(Cl)c1. The van der Waals surface area contributed by atoms with Crippen molar-refractivity contribution in [2.45, 2.75) is 58.1 Å². The number of ether oxygens (including phenoxy) is 1. The fraction of sp³-hybridized carbons (Fsp3) is 0.647. The lowest BCUT2D eigenvalue weighted by molar-refractivity contribution is 0.104. The predicted molar refractivity (Wildman–Crippen MR) is 89.2 cm³/mol. The van der Waals surface area contributed by atoms with Gasteiger partial charge in [-0.3, -0.25) is 0 Å². The fourth-order valence-corrected chi connectivity index (χ4v) is 2.30. The maximum absolute atomic E-state index is 9.92. The standard InChI is InChI=1S/C17H28ClNO2/c1-3-4-5-6-8-14(2)19-12-16(20)13-21-17-10-7-9-15(18)11-17/h7,9-11,14,16,19-20H,3-6,8,12-13H2,1-2H3. The van der Waals surface area contributed by atoms with Gasteiger partial charge in [0, 0.05) is 17.6 Å². The molecule has 0 spiro atoms. The molecule has 0 amide bonds. The Morgan fingerprint density at radius 2 is 2.10 bits per heavy atom. The monoisotopic (exact) mass is 313 g/mol. The molecule has 0 saturated heterocycles. The first-order valence-corrected chi connectivity index (χ1v) is 8.29. The van der Waals surface area contributed by atoms with E-state index in [0.29, 0.717) is 23.4 Å². The summed E-state index contributed by atoms with van der Waals surface area (Å²) in [6, 6.07) is 7.65. The van der Waals surface area contributed by atoms with E-state index >= 15 is 0 Å². The molecule has 0 bridgehead atoms. The van der Waals surface area contributed by atoms with Crippen LogP contribution in [0.4, 0.5) is 0 Å². The maximum Gasteiger partial charge on any atom is 0.120 e. The van der Waals surface area contributed by atoms with Gasteiger partial charge in [-0.05, 0) is 31.5 Å². The molecule has 0 saturated carbocycles. The van der Waals surface area contributed by atoms with Crippen molar-refractivity contribution in [2.24, 2.45) is 0 Å². The third kappa shape index (κ3) is 8.97. The van der Waals surface area contributed by atoms with Crippen molar-refractivity contribution in [1.82, 2.24) is 5.32 Å². The van der Waals surface area contributed by atoms with Gasteiger partial charge in [-0.25, -0.2) is 0 Å². The quantitative estimate of drug-likeness (QED) is 0.606. The maximum atomic E-state index is 9.92. The van der Waals surface area contributed by atoms with Crippen LogP contribution in [0.5, 0.6) is 5.75 Å². The van der Waals surface area contributed by atoms with E-state index < -0.39 is 6.10 Å². The van der Waals surface area contributed by atoms with Crippen molar-refractivity contribution in [3.8, 4) is 5.75 Å². The summed E-state index contributed by atoms with van der Waals surface area (Å²) in [5, 5.41) is 13.9. The number of hydrogen-bond donors (Lipinski definition) is 2.